The van der Waals surface area contributed by atoms with E-state index in [2.05, 4.69) is 0 Å². The summed E-state index contributed by atoms with van der Waals surface area (Å²) in [6.45, 7) is 1.57. The second kappa shape index (κ2) is 7.34. The Morgan fingerprint density at radius 2 is 1.64 bits per heavy atom. The van der Waals surface area contributed by atoms with E-state index in [0.717, 1.165) is 36.4 Å². The van der Waals surface area contributed by atoms with Crippen LogP contribution in [0.3, 0.4) is 0 Å². The standard InChI is InChI=1S/C17H14ClF4NO4S/c1-9-12(23-15(24)16(2,25)17(20,21)22)7-8-13(14(9)18)28(26,27)11-5-3-10(19)4-6-11/h3-8,25H,1-2H3,(H,23,24). The molecule has 0 bridgehead atoms. The van der Waals surface area contributed by atoms with Crippen molar-refractivity contribution in [2.45, 2.75) is 35.4 Å². The molecule has 0 saturated carbocycles. The molecule has 0 aromatic heterocycles. The van der Waals surface area contributed by atoms with Gasteiger partial charge in [-0.2, -0.15) is 13.2 Å². The minimum absolute atomic E-state index is 0.0313. The number of amides is 1. The summed E-state index contributed by atoms with van der Waals surface area (Å²) < 4.78 is 76.6. The number of aliphatic hydroxyl groups is 1. The quantitative estimate of drug-likeness (QED) is 0.559. The van der Waals surface area contributed by atoms with Gasteiger partial charge in [-0.15, -0.1) is 0 Å². The third kappa shape index (κ3) is 3.98. The Morgan fingerprint density at radius 3 is 2.14 bits per heavy atom. The number of nitrogens with one attached hydrogen (secondary N) is 1. The van der Waals surface area contributed by atoms with E-state index in [0.29, 0.717) is 0 Å². The molecular weight excluding hydrogens is 426 g/mol. The van der Waals surface area contributed by atoms with Crippen molar-refractivity contribution < 1.29 is 35.9 Å². The first-order valence-electron chi connectivity index (χ1n) is 7.60. The lowest BCUT2D eigenvalue weighted by Gasteiger charge is -2.25. The van der Waals surface area contributed by atoms with Crippen molar-refractivity contribution in [3.63, 3.8) is 0 Å². The van der Waals surface area contributed by atoms with Crippen molar-refractivity contribution in [2.75, 3.05) is 5.32 Å². The topological polar surface area (TPSA) is 83.5 Å². The van der Waals surface area contributed by atoms with Gasteiger partial charge in [0.25, 0.3) is 5.91 Å². The average molecular weight is 440 g/mol. The van der Waals surface area contributed by atoms with Gasteiger partial charge in [0.1, 0.15) is 5.82 Å². The lowest BCUT2D eigenvalue weighted by atomic mass is 10.1. The molecule has 0 aliphatic heterocycles. The molecule has 2 N–H and O–H groups in total. The van der Waals surface area contributed by atoms with Crippen LogP contribution in [0.4, 0.5) is 23.2 Å². The maximum Gasteiger partial charge on any atom is 0.426 e. The Labute approximate surface area is 162 Å². The van der Waals surface area contributed by atoms with E-state index >= 15 is 0 Å². The molecule has 0 radical (unpaired) electrons. The summed E-state index contributed by atoms with van der Waals surface area (Å²) in [4.78, 5) is 11.2. The van der Waals surface area contributed by atoms with Crippen LogP contribution in [0.1, 0.15) is 12.5 Å². The summed E-state index contributed by atoms with van der Waals surface area (Å²) in [5, 5.41) is 10.9. The predicted octanol–water partition coefficient (Wildman–Crippen LogP) is 3.87. The van der Waals surface area contributed by atoms with Gasteiger partial charge in [-0.1, -0.05) is 11.6 Å². The third-order valence-electron chi connectivity index (χ3n) is 4.01. The van der Waals surface area contributed by atoms with E-state index in [-0.39, 0.29) is 33.0 Å². The highest BCUT2D eigenvalue weighted by Crippen LogP contribution is 2.35. The summed E-state index contributed by atoms with van der Waals surface area (Å²) in [7, 11) is -4.15. The molecule has 0 spiro atoms. The second-order valence-electron chi connectivity index (χ2n) is 6.03. The molecule has 0 saturated heterocycles. The first-order valence-corrected chi connectivity index (χ1v) is 9.46. The van der Waals surface area contributed by atoms with Crippen molar-refractivity contribution >= 4 is 33.0 Å². The summed E-state index contributed by atoms with van der Waals surface area (Å²) in [6.07, 6.45) is -5.22. The number of benzene rings is 2. The molecular formula is C17H14ClF4NO4S. The minimum atomic E-state index is -5.22. The van der Waals surface area contributed by atoms with E-state index in [9.17, 15) is 35.9 Å². The van der Waals surface area contributed by atoms with Gasteiger partial charge in [0.05, 0.1) is 14.8 Å². The number of anilines is 1. The third-order valence-corrected chi connectivity index (χ3v) is 6.42. The number of carbonyl (C=O) groups excluding carboxylic acids is 1. The molecule has 1 amide bonds. The van der Waals surface area contributed by atoms with Crippen LogP contribution >= 0.6 is 11.6 Å². The van der Waals surface area contributed by atoms with Gasteiger partial charge in [0.15, 0.2) is 0 Å². The molecule has 2 aromatic carbocycles. The first kappa shape index (κ1) is 22.1. The van der Waals surface area contributed by atoms with Gasteiger partial charge in [-0.05, 0) is 55.8 Å². The monoisotopic (exact) mass is 439 g/mol. The lowest BCUT2D eigenvalue weighted by molar-refractivity contribution is -0.242. The highest BCUT2D eigenvalue weighted by Gasteiger charge is 2.55. The molecule has 11 heteroatoms. The molecule has 2 rings (SSSR count). The summed E-state index contributed by atoms with van der Waals surface area (Å²) in [6, 6.07) is 6.00. The Kier molecular flexibility index (Phi) is 5.80. The molecule has 1 atom stereocenters. The molecule has 28 heavy (non-hydrogen) atoms. The Bertz CT molecular complexity index is 1020. The van der Waals surface area contributed by atoms with Gasteiger partial charge in [-0.3, -0.25) is 4.79 Å². The van der Waals surface area contributed by atoms with E-state index in [1.165, 1.54) is 6.92 Å². The number of carbonyl (C=O) groups is 1. The predicted molar refractivity (Wildman–Crippen MR) is 93.3 cm³/mol. The Hall–Kier alpha value is -2.17. The van der Waals surface area contributed by atoms with E-state index < -0.39 is 33.3 Å². The fourth-order valence-corrected chi connectivity index (χ4v) is 3.97. The van der Waals surface area contributed by atoms with Crippen LogP contribution in [0.25, 0.3) is 0 Å². The average Bonchev–Trinajstić information content (AvgIpc) is 2.58. The van der Waals surface area contributed by atoms with Crippen LogP contribution in [0, 0.1) is 12.7 Å². The van der Waals surface area contributed by atoms with Gasteiger partial charge in [-0.25, -0.2) is 12.8 Å². The number of sulfone groups is 1. The van der Waals surface area contributed by atoms with Crippen molar-refractivity contribution in [2.24, 2.45) is 0 Å². The van der Waals surface area contributed by atoms with Crippen LogP contribution in [0.15, 0.2) is 46.2 Å². The fourth-order valence-electron chi connectivity index (χ4n) is 2.12. The number of rotatable bonds is 4. The Morgan fingerprint density at radius 1 is 1.11 bits per heavy atom. The van der Waals surface area contributed by atoms with Crippen LogP contribution in [-0.4, -0.2) is 31.2 Å². The van der Waals surface area contributed by atoms with E-state index in [1.807, 2.05) is 5.32 Å². The molecule has 2 aromatic rings. The maximum absolute atomic E-state index is 13.0. The molecule has 0 aliphatic carbocycles. The molecule has 0 heterocycles. The van der Waals surface area contributed by atoms with Crippen LogP contribution < -0.4 is 5.32 Å². The zero-order chi connectivity index (χ0) is 21.5. The maximum atomic E-state index is 13.0. The molecule has 1 unspecified atom stereocenters. The zero-order valence-corrected chi connectivity index (χ0v) is 16.0. The van der Waals surface area contributed by atoms with Crippen LogP contribution in [-0.2, 0) is 14.6 Å². The highest BCUT2D eigenvalue weighted by atomic mass is 35.5. The summed E-state index contributed by atoms with van der Waals surface area (Å²) in [5.74, 6) is -2.40. The van der Waals surface area contributed by atoms with E-state index in [4.69, 9.17) is 11.6 Å². The molecule has 0 aliphatic rings. The first-order chi connectivity index (χ1) is 12.7. The van der Waals surface area contributed by atoms with Gasteiger partial charge in [0.2, 0.25) is 15.4 Å². The van der Waals surface area contributed by atoms with Crippen molar-refractivity contribution in [1.29, 1.82) is 0 Å². The number of hydrogen-bond acceptors (Lipinski definition) is 4. The van der Waals surface area contributed by atoms with Gasteiger partial charge >= 0.3 is 6.18 Å². The number of hydrogen-bond donors (Lipinski definition) is 2. The Balaban J connectivity index is 2.43. The molecule has 152 valence electrons. The highest BCUT2D eigenvalue weighted by molar-refractivity contribution is 7.91. The van der Waals surface area contributed by atoms with Crippen molar-refractivity contribution in [3.8, 4) is 0 Å². The minimum Gasteiger partial charge on any atom is -0.373 e. The van der Waals surface area contributed by atoms with Crippen molar-refractivity contribution in [1.82, 2.24) is 0 Å². The normalized spacial score (nSPS) is 14.4. The fraction of sp³-hybridized carbons (Fsp3) is 0.235. The van der Waals surface area contributed by atoms with Crippen LogP contribution in [0.2, 0.25) is 5.02 Å². The SMILES string of the molecule is Cc1c(NC(=O)C(C)(O)C(F)(F)F)ccc(S(=O)(=O)c2ccc(F)cc2)c1Cl. The van der Waals surface area contributed by atoms with Gasteiger partial charge in [0, 0.05) is 5.69 Å². The molecule has 5 nitrogen and oxygen atoms in total. The summed E-state index contributed by atoms with van der Waals surface area (Å²) >= 11 is 6.06. The summed E-state index contributed by atoms with van der Waals surface area (Å²) in [5.41, 5.74) is -3.90. The van der Waals surface area contributed by atoms with E-state index in [1.54, 1.807) is 0 Å². The second-order valence-corrected chi connectivity index (χ2v) is 8.33. The number of alkyl halides is 3. The smallest absolute Gasteiger partial charge is 0.373 e. The number of halogens is 5. The van der Waals surface area contributed by atoms with Gasteiger partial charge < -0.3 is 10.4 Å². The molecule has 0 fully saturated rings. The lowest BCUT2D eigenvalue weighted by Crippen LogP contribution is -2.52. The largest absolute Gasteiger partial charge is 0.426 e. The van der Waals surface area contributed by atoms with Crippen molar-refractivity contribution in [3.05, 3.63) is 52.8 Å². The zero-order valence-electron chi connectivity index (χ0n) is 14.4. The van der Waals surface area contributed by atoms with Crippen LogP contribution in [0.5, 0.6) is 0 Å².